The fourth-order valence-corrected chi connectivity index (χ4v) is 5.64. The van der Waals surface area contributed by atoms with E-state index < -0.39 is 18.0 Å². The number of anilines is 2. The van der Waals surface area contributed by atoms with Crippen LogP contribution in [0.25, 0.3) is 0 Å². The number of carbonyl (C=O) groups is 3. The van der Waals surface area contributed by atoms with Crippen molar-refractivity contribution in [3.63, 3.8) is 0 Å². The second-order valence-corrected chi connectivity index (χ2v) is 10.4. The summed E-state index contributed by atoms with van der Waals surface area (Å²) in [6, 6.07) is 3.81. The van der Waals surface area contributed by atoms with Crippen LogP contribution in [0.5, 0.6) is 0 Å². The number of rotatable bonds is 9. The van der Waals surface area contributed by atoms with Crippen molar-refractivity contribution in [2.45, 2.75) is 76.8 Å². The molecule has 4 rings (SSSR count). The first kappa shape index (κ1) is 26.6. The van der Waals surface area contributed by atoms with E-state index in [4.69, 9.17) is 5.73 Å². The van der Waals surface area contributed by atoms with Gasteiger partial charge in [-0.3, -0.25) is 24.1 Å². The number of likely N-dealkylation sites (tertiary alicyclic amines) is 1. The number of β-lactam (4-membered cyclic amide) rings is 1. The Kier molecular flexibility index (Phi) is 8.45. The van der Waals surface area contributed by atoms with Gasteiger partial charge in [-0.25, -0.2) is 9.78 Å². The zero-order chi connectivity index (χ0) is 26.5. The van der Waals surface area contributed by atoms with Crippen molar-refractivity contribution in [1.29, 1.82) is 0 Å². The number of likely N-dealkylation sites (N-methyl/N-ethyl adjacent to an activating group) is 1. The van der Waals surface area contributed by atoms with Gasteiger partial charge in [0.15, 0.2) is 5.82 Å². The Morgan fingerprint density at radius 2 is 2.00 bits per heavy atom. The summed E-state index contributed by atoms with van der Waals surface area (Å²) in [6.07, 6.45) is 12.3. The zero-order valence-corrected chi connectivity index (χ0v) is 22.1. The second-order valence-electron chi connectivity index (χ2n) is 10.4. The Bertz CT molecular complexity index is 1110. The van der Waals surface area contributed by atoms with Gasteiger partial charge in [-0.15, -0.1) is 0 Å². The predicted octanol–water partition coefficient (Wildman–Crippen LogP) is 3.28. The van der Waals surface area contributed by atoms with Crippen LogP contribution < -0.4 is 16.0 Å². The number of nitrogens with zero attached hydrogens (tertiary/aromatic N) is 5. The number of hydrogen-bond donors (Lipinski definition) is 2. The zero-order valence-electron chi connectivity index (χ0n) is 22.1. The predicted molar refractivity (Wildman–Crippen MR) is 142 cm³/mol. The topological polar surface area (TPSA) is 126 Å². The number of hydrogen-bond acceptors (Lipinski definition) is 6. The Morgan fingerprint density at radius 1 is 1.24 bits per heavy atom. The molecule has 3 atom stereocenters. The van der Waals surface area contributed by atoms with Crippen LogP contribution >= 0.6 is 0 Å². The van der Waals surface area contributed by atoms with Crippen LogP contribution in [0.1, 0.15) is 63.9 Å². The lowest BCUT2D eigenvalue weighted by Crippen LogP contribution is -2.71. The van der Waals surface area contributed by atoms with Gasteiger partial charge < -0.3 is 11.1 Å². The normalized spacial score (nSPS) is 20.8. The molecule has 10 nitrogen and oxygen atoms in total. The van der Waals surface area contributed by atoms with Gasteiger partial charge in [0.1, 0.15) is 11.9 Å². The molecule has 2 fully saturated rings. The minimum atomic E-state index is -0.924. The lowest BCUT2D eigenvalue weighted by molar-refractivity contribution is -0.156. The number of pyridine rings is 1. The maximum atomic E-state index is 13.7. The first-order valence-corrected chi connectivity index (χ1v) is 13.4. The summed E-state index contributed by atoms with van der Waals surface area (Å²) in [5.41, 5.74) is 6.63. The van der Waals surface area contributed by atoms with Gasteiger partial charge in [-0.2, -0.15) is 5.10 Å². The molecular weight excluding hydrogens is 470 g/mol. The third-order valence-corrected chi connectivity index (χ3v) is 7.76. The number of nitrogens with two attached hydrogens (primary N) is 1. The lowest BCUT2D eigenvalue weighted by Gasteiger charge is -2.46. The number of carbonyl (C=O) groups excluding carboxylic acids is 3. The number of nitrogens with one attached hydrogen (secondary N) is 1. The van der Waals surface area contributed by atoms with E-state index in [9.17, 15) is 14.4 Å². The van der Waals surface area contributed by atoms with Crippen molar-refractivity contribution in [3.8, 4) is 0 Å². The lowest BCUT2D eigenvalue weighted by atomic mass is 9.81. The molecule has 4 amide bonds. The van der Waals surface area contributed by atoms with E-state index in [0.29, 0.717) is 24.0 Å². The third-order valence-electron chi connectivity index (χ3n) is 7.76. The number of aromatic nitrogens is 3. The van der Waals surface area contributed by atoms with E-state index >= 15 is 0 Å². The SMILES string of the molecule is CCCC[C@@H](NC(=O)N1C(=O)[C@H](Cc2ccnc(N)c2)[C@H]1C(=O)N(C)c1ccn(C)n1)C1CCCCC1. The Hall–Kier alpha value is -3.43. The molecule has 37 heavy (non-hydrogen) atoms. The molecule has 0 radical (unpaired) electrons. The number of amides is 4. The van der Waals surface area contributed by atoms with E-state index in [2.05, 4.69) is 22.3 Å². The monoisotopic (exact) mass is 509 g/mol. The molecule has 1 aliphatic heterocycles. The molecular formula is C27H39N7O3. The van der Waals surface area contributed by atoms with Crippen LogP contribution in [0.3, 0.4) is 0 Å². The van der Waals surface area contributed by atoms with Crippen LogP contribution in [-0.4, -0.2) is 56.6 Å². The van der Waals surface area contributed by atoms with Crippen molar-refractivity contribution in [3.05, 3.63) is 36.2 Å². The molecule has 0 aromatic carbocycles. The summed E-state index contributed by atoms with van der Waals surface area (Å²) >= 11 is 0. The molecule has 2 aliphatic rings. The summed E-state index contributed by atoms with van der Waals surface area (Å²) in [4.78, 5) is 47.2. The fraction of sp³-hybridized carbons (Fsp3) is 0.593. The minimum absolute atomic E-state index is 0.00358. The van der Waals surface area contributed by atoms with Crippen LogP contribution in [0.15, 0.2) is 30.6 Å². The number of aryl methyl sites for hydroxylation is 1. The van der Waals surface area contributed by atoms with E-state index in [1.807, 2.05) is 0 Å². The van der Waals surface area contributed by atoms with Gasteiger partial charge in [0.25, 0.3) is 5.91 Å². The van der Waals surface area contributed by atoms with E-state index in [1.54, 1.807) is 49.4 Å². The summed E-state index contributed by atoms with van der Waals surface area (Å²) in [6.45, 7) is 2.14. The summed E-state index contributed by atoms with van der Waals surface area (Å²) in [7, 11) is 3.39. The van der Waals surface area contributed by atoms with Crippen molar-refractivity contribution in [2.75, 3.05) is 17.7 Å². The Labute approximate surface area is 218 Å². The van der Waals surface area contributed by atoms with Crippen LogP contribution in [0.2, 0.25) is 0 Å². The molecule has 0 unspecified atom stereocenters. The molecule has 1 aliphatic carbocycles. The molecule has 3 N–H and O–H groups in total. The van der Waals surface area contributed by atoms with Crippen LogP contribution in [-0.2, 0) is 23.1 Å². The summed E-state index contributed by atoms with van der Waals surface area (Å²) in [5.74, 6) is -0.154. The van der Waals surface area contributed by atoms with Crippen LogP contribution in [0.4, 0.5) is 16.4 Å². The van der Waals surface area contributed by atoms with E-state index in [0.717, 1.165) is 42.6 Å². The highest BCUT2D eigenvalue weighted by atomic mass is 16.2. The van der Waals surface area contributed by atoms with Gasteiger partial charge in [0.2, 0.25) is 5.91 Å². The summed E-state index contributed by atoms with van der Waals surface area (Å²) in [5, 5.41) is 7.48. The molecule has 1 saturated heterocycles. The Morgan fingerprint density at radius 3 is 2.65 bits per heavy atom. The highest BCUT2D eigenvalue weighted by molar-refractivity contribution is 6.12. The first-order valence-electron chi connectivity index (χ1n) is 13.4. The number of nitrogen functional groups attached to an aromatic ring is 1. The maximum Gasteiger partial charge on any atom is 0.325 e. The van der Waals surface area contributed by atoms with Gasteiger partial charge >= 0.3 is 6.03 Å². The molecule has 2 aromatic heterocycles. The molecule has 200 valence electrons. The molecule has 3 heterocycles. The smallest absolute Gasteiger partial charge is 0.325 e. The highest BCUT2D eigenvalue weighted by Gasteiger charge is 2.55. The number of unbranched alkanes of at least 4 members (excludes halogenated alkanes) is 1. The fourth-order valence-electron chi connectivity index (χ4n) is 5.64. The third kappa shape index (κ3) is 5.94. The average molecular weight is 510 g/mol. The van der Waals surface area contributed by atoms with Crippen molar-refractivity contribution < 1.29 is 14.4 Å². The molecule has 10 heteroatoms. The molecule has 0 bridgehead atoms. The van der Waals surface area contributed by atoms with Gasteiger partial charge in [-0.1, -0.05) is 39.0 Å². The molecule has 2 aromatic rings. The van der Waals surface area contributed by atoms with Gasteiger partial charge in [0, 0.05) is 38.6 Å². The van der Waals surface area contributed by atoms with Gasteiger partial charge in [0.05, 0.1) is 5.92 Å². The average Bonchev–Trinajstić information content (AvgIpc) is 3.33. The summed E-state index contributed by atoms with van der Waals surface area (Å²) < 4.78 is 1.61. The quantitative estimate of drug-likeness (QED) is 0.500. The van der Waals surface area contributed by atoms with Crippen molar-refractivity contribution in [2.24, 2.45) is 18.9 Å². The number of urea groups is 1. The van der Waals surface area contributed by atoms with E-state index in [1.165, 1.54) is 24.2 Å². The maximum absolute atomic E-state index is 13.7. The number of imide groups is 1. The first-order chi connectivity index (χ1) is 17.8. The molecule has 1 saturated carbocycles. The van der Waals surface area contributed by atoms with Crippen molar-refractivity contribution >= 4 is 29.5 Å². The van der Waals surface area contributed by atoms with Gasteiger partial charge in [-0.05, 0) is 49.3 Å². The Balaban J connectivity index is 1.56. The highest BCUT2D eigenvalue weighted by Crippen LogP contribution is 2.34. The largest absolute Gasteiger partial charge is 0.384 e. The second kappa shape index (κ2) is 11.7. The van der Waals surface area contributed by atoms with Crippen molar-refractivity contribution in [1.82, 2.24) is 25.0 Å². The standard InChI is InChI=1S/C27H39N7O3/c1-4-5-11-21(19-9-7-6-8-10-19)30-27(37)34-24(26(36)33(3)23-13-15-32(2)31-23)20(25(34)35)16-18-12-14-29-22(28)17-18/h12-15,17,19-21,24H,4-11,16H2,1-3H3,(H2,28,29)(H,30,37)/t20-,21-,24+/m1/s1. The minimum Gasteiger partial charge on any atom is -0.384 e. The van der Waals surface area contributed by atoms with Crippen LogP contribution in [0, 0.1) is 11.8 Å². The van der Waals surface area contributed by atoms with E-state index in [-0.39, 0.29) is 17.9 Å². The molecule has 0 spiro atoms.